The van der Waals surface area contributed by atoms with Crippen molar-refractivity contribution in [1.29, 1.82) is 0 Å². The van der Waals surface area contributed by atoms with Crippen LogP contribution in [0.15, 0.2) is 36.5 Å². The van der Waals surface area contributed by atoms with Crippen molar-refractivity contribution in [3.63, 3.8) is 0 Å². The number of aromatic nitrogens is 4. The molecule has 0 atom stereocenters. The summed E-state index contributed by atoms with van der Waals surface area (Å²) in [6, 6.07) is 9.76. The Morgan fingerprint density at radius 1 is 0.963 bits per heavy atom. The lowest BCUT2D eigenvalue weighted by Gasteiger charge is -2.35. The molecule has 1 aliphatic heterocycles. The number of benzene rings is 1. The van der Waals surface area contributed by atoms with E-state index in [2.05, 4.69) is 31.1 Å². The molecule has 1 saturated heterocycles. The van der Waals surface area contributed by atoms with Crippen molar-refractivity contribution in [2.45, 2.75) is 19.3 Å². The smallest absolute Gasteiger partial charge is 0.274 e. The van der Waals surface area contributed by atoms with E-state index in [0.717, 1.165) is 48.5 Å². The minimum absolute atomic E-state index is 0.0621. The van der Waals surface area contributed by atoms with Crippen molar-refractivity contribution in [1.82, 2.24) is 25.1 Å². The van der Waals surface area contributed by atoms with Crippen LogP contribution in [0.2, 0.25) is 0 Å². The van der Waals surface area contributed by atoms with Crippen molar-refractivity contribution in [3.05, 3.63) is 53.5 Å². The molecule has 2 aliphatic rings. The first-order chi connectivity index (χ1) is 13.3. The first kappa shape index (κ1) is 16.1. The van der Waals surface area contributed by atoms with Crippen LogP contribution in [-0.4, -0.2) is 57.2 Å². The van der Waals surface area contributed by atoms with E-state index in [4.69, 9.17) is 0 Å². The number of rotatable bonds is 2. The van der Waals surface area contributed by atoms with Crippen molar-refractivity contribution in [2.24, 2.45) is 0 Å². The van der Waals surface area contributed by atoms with E-state index < -0.39 is 0 Å². The molecule has 3 aromatic rings. The lowest BCUT2D eigenvalue weighted by Crippen LogP contribution is -2.49. The molecule has 7 heteroatoms. The Morgan fingerprint density at radius 2 is 1.78 bits per heavy atom. The Labute approximate surface area is 157 Å². The van der Waals surface area contributed by atoms with Gasteiger partial charge in [0.1, 0.15) is 5.69 Å². The third-order valence-electron chi connectivity index (χ3n) is 5.37. The largest absolute Gasteiger partial charge is 0.352 e. The number of piperazine rings is 1. The Balaban J connectivity index is 1.28. The molecule has 27 heavy (non-hydrogen) atoms. The molecule has 1 amide bonds. The Hall–Kier alpha value is -3.09. The predicted molar refractivity (Wildman–Crippen MR) is 102 cm³/mol. The number of anilines is 1. The summed E-state index contributed by atoms with van der Waals surface area (Å²) in [5, 5.41) is 8.76. The van der Waals surface area contributed by atoms with Gasteiger partial charge in [-0.15, -0.1) is 5.10 Å². The van der Waals surface area contributed by atoms with Crippen LogP contribution in [0.4, 0.5) is 5.82 Å². The molecule has 5 rings (SSSR count). The monoisotopic (exact) mass is 360 g/mol. The highest BCUT2D eigenvalue weighted by Crippen LogP contribution is 2.23. The summed E-state index contributed by atoms with van der Waals surface area (Å²) < 4.78 is 0. The van der Waals surface area contributed by atoms with Crippen LogP contribution in [0.5, 0.6) is 0 Å². The van der Waals surface area contributed by atoms with Crippen LogP contribution < -0.4 is 4.90 Å². The minimum atomic E-state index is -0.0621. The van der Waals surface area contributed by atoms with Gasteiger partial charge in [-0.3, -0.25) is 9.78 Å². The zero-order valence-electron chi connectivity index (χ0n) is 15.0. The topological polar surface area (TPSA) is 75.1 Å². The fourth-order valence-corrected chi connectivity index (χ4v) is 3.83. The average Bonchev–Trinajstić information content (AvgIpc) is 3.21. The van der Waals surface area contributed by atoms with E-state index in [-0.39, 0.29) is 5.91 Å². The minimum Gasteiger partial charge on any atom is -0.352 e. The maximum Gasteiger partial charge on any atom is 0.274 e. The maximum atomic E-state index is 12.8. The number of amides is 1. The second kappa shape index (κ2) is 6.57. The normalized spacial score (nSPS) is 16.6. The summed E-state index contributed by atoms with van der Waals surface area (Å²) in [5.41, 5.74) is 4.41. The molecule has 1 aliphatic carbocycles. The fraction of sp³-hybridized carbons (Fsp3) is 0.350. The van der Waals surface area contributed by atoms with E-state index >= 15 is 0 Å². The van der Waals surface area contributed by atoms with Gasteiger partial charge < -0.3 is 9.80 Å². The summed E-state index contributed by atoms with van der Waals surface area (Å²) in [5.74, 6) is 0.862. The van der Waals surface area contributed by atoms with Crippen LogP contribution in [0.3, 0.4) is 0 Å². The van der Waals surface area contributed by atoms with E-state index in [1.165, 1.54) is 12.0 Å². The predicted octanol–water partition coefficient (Wildman–Crippen LogP) is 1.87. The molecule has 136 valence electrons. The first-order valence-corrected chi connectivity index (χ1v) is 9.39. The van der Waals surface area contributed by atoms with Gasteiger partial charge in [0, 0.05) is 26.2 Å². The van der Waals surface area contributed by atoms with Gasteiger partial charge in [0.2, 0.25) is 0 Å². The lowest BCUT2D eigenvalue weighted by molar-refractivity contribution is 0.0740. The zero-order valence-corrected chi connectivity index (χ0v) is 15.0. The van der Waals surface area contributed by atoms with Gasteiger partial charge >= 0.3 is 0 Å². The number of fused-ring (bicyclic) bond motifs is 2. The van der Waals surface area contributed by atoms with Crippen molar-refractivity contribution in [2.75, 3.05) is 31.1 Å². The summed E-state index contributed by atoms with van der Waals surface area (Å²) in [6.45, 7) is 2.79. The van der Waals surface area contributed by atoms with Crippen LogP contribution in [0, 0.1) is 0 Å². The SMILES string of the molecule is O=C(c1cnc2ccccc2n1)N1CCN(c2cc3c(nn2)CCC3)CC1. The number of para-hydroxylation sites is 2. The highest BCUT2D eigenvalue weighted by Gasteiger charge is 2.25. The van der Waals surface area contributed by atoms with E-state index in [9.17, 15) is 4.79 Å². The van der Waals surface area contributed by atoms with E-state index in [1.807, 2.05) is 29.2 Å². The molecule has 0 spiro atoms. The molecule has 0 radical (unpaired) electrons. The Morgan fingerprint density at radius 3 is 2.63 bits per heavy atom. The van der Waals surface area contributed by atoms with Crippen molar-refractivity contribution in [3.8, 4) is 0 Å². The maximum absolute atomic E-state index is 12.8. The number of hydrogen-bond donors (Lipinski definition) is 0. The molecule has 1 aromatic carbocycles. The van der Waals surface area contributed by atoms with Gasteiger partial charge in [0.15, 0.2) is 5.82 Å². The van der Waals surface area contributed by atoms with Gasteiger partial charge in [-0.2, -0.15) is 5.10 Å². The first-order valence-electron chi connectivity index (χ1n) is 9.39. The van der Waals surface area contributed by atoms with Crippen molar-refractivity contribution >= 4 is 22.8 Å². The molecule has 0 bridgehead atoms. The molecular weight excluding hydrogens is 340 g/mol. The Kier molecular flexibility index (Phi) is 3.92. The van der Waals surface area contributed by atoms with Crippen molar-refractivity contribution < 1.29 is 4.79 Å². The summed E-state index contributed by atoms with van der Waals surface area (Å²) in [6.07, 6.45) is 4.88. The molecule has 0 unspecified atom stereocenters. The highest BCUT2D eigenvalue weighted by molar-refractivity contribution is 5.94. The number of nitrogens with zero attached hydrogens (tertiary/aromatic N) is 6. The molecule has 2 aromatic heterocycles. The van der Waals surface area contributed by atoms with Crippen LogP contribution in [-0.2, 0) is 12.8 Å². The quantitative estimate of drug-likeness (QED) is 0.695. The van der Waals surface area contributed by atoms with E-state index in [1.54, 1.807) is 6.20 Å². The second-order valence-corrected chi connectivity index (χ2v) is 7.05. The van der Waals surface area contributed by atoms with Gasteiger partial charge in [0.25, 0.3) is 5.91 Å². The highest BCUT2D eigenvalue weighted by atomic mass is 16.2. The standard InChI is InChI=1S/C20H20N6O/c27-20(18-13-21-16-5-1-2-6-17(16)22-18)26-10-8-25(9-11-26)19-12-14-4-3-7-15(14)23-24-19/h1-2,5-6,12-13H,3-4,7-11H2. The van der Waals surface area contributed by atoms with Gasteiger partial charge in [-0.05, 0) is 43.0 Å². The molecule has 7 nitrogen and oxygen atoms in total. The zero-order chi connectivity index (χ0) is 18.2. The number of hydrogen-bond acceptors (Lipinski definition) is 6. The third-order valence-corrected chi connectivity index (χ3v) is 5.37. The van der Waals surface area contributed by atoms with Gasteiger partial charge in [-0.25, -0.2) is 4.98 Å². The van der Waals surface area contributed by atoms with E-state index in [0.29, 0.717) is 18.8 Å². The lowest BCUT2D eigenvalue weighted by atomic mass is 10.2. The molecular formula is C20H20N6O. The third kappa shape index (κ3) is 2.99. The number of aryl methyl sites for hydroxylation is 2. The second-order valence-electron chi connectivity index (χ2n) is 7.05. The fourth-order valence-electron chi connectivity index (χ4n) is 3.83. The van der Waals surface area contributed by atoms with Gasteiger partial charge in [0.05, 0.1) is 22.9 Å². The summed E-state index contributed by atoms with van der Waals surface area (Å²) >= 11 is 0. The van der Waals surface area contributed by atoms with Gasteiger partial charge in [-0.1, -0.05) is 12.1 Å². The number of carbonyl (C=O) groups excluding carboxylic acids is 1. The van der Waals surface area contributed by atoms with Crippen LogP contribution >= 0.6 is 0 Å². The Bertz CT molecular complexity index is 1010. The molecule has 0 saturated carbocycles. The summed E-state index contributed by atoms with van der Waals surface area (Å²) in [4.78, 5) is 25.7. The summed E-state index contributed by atoms with van der Waals surface area (Å²) in [7, 11) is 0. The van der Waals surface area contributed by atoms with Crippen LogP contribution in [0.1, 0.15) is 28.2 Å². The molecule has 0 N–H and O–H groups in total. The average molecular weight is 360 g/mol. The number of carbonyl (C=O) groups is 1. The molecule has 1 fully saturated rings. The van der Waals surface area contributed by atoms with Crippen LogP contribution in [0.25, 0.3) is 11.0 Å². The molecule has 3 heterocycles.